The summed E-state index contributed by atoms with van der Waals surface area (Å²) in [7, 11) is 0. The van der Waals surface area contributed by atoms with Crippen LogP contribution in [0.3, 0.4) is 0 Å². The molecule has 1 aromatic rings. The second-order valence-electron chi connectivity index (χ2n) is 5.95. The Morgan fingerprint density at radius 2 is 2.05 bits per heavy atom. The molecule has 2 N–H and O–H groups in total. The predicted octanol–water partition coefficient (Wildman–Crippen LogP) is 1.43. The molecule has 2 bridgehead atoms. The number of aliphatic hydroxyl groups excluding tert-OH is 1. The van der Waals surface area contributed by atoms with E-state index in [0.29, 0.717) is 24.4 Å². The van der Waals surface area contributed by atoms with Gasteiger partial charge in [0, 0.05) is 18.6 Å². The van der Waals surface area contributed by atoms with E-state index in [1.54, 1.807) is 12.1 Å². The third-order valence-corrected chi connectivity index (χ3v) is 4.38. The Kier molecular flexibility index (Phi) is 4.05. The fourth-order valence-electron chi connectivity index (χ4n) is 3.41. The number of nitrogens with zero attached hydrogens (tertiary/aromatic N) is 3. The van der Waals surface area contributed by atoms with E-state index in [-0.39, 0.29) is 24.1 Å². The average Bonchev–Trinajstić information content (AvgIpc) is 2.77. The number of aromatic nitrogens is 2. The van der Waals surface area contributed by atoms with Crippen molar-refractivity contribution in [3.05, 3.63) is 17.8 Å². The Balaban J connectivity index is 1.71. The van der Waals surface area contributed by atoms with Crippen LogP contribution in [0, 0.1) is 0 Å². The van der Waals surface area contributed by atoms with E-state index < -0.39 is 0 Å². The summed E-state index contributed by atoms with van der Waals surface area (Å²) in [6.45, 7) is 2.93. The van der Waals surface area contributed by atoms with E-state index in [4.69, 9.17) is 0 Å². The molecule has 0 spiro atoms. The molecule has 21 heavy (non-hydrogen) atoms. The maximum Gasteiger partial charge on any atom is 0.274 e. The fourth-order valence-corrected chi connectivity index (χ4v) is 3.41. The Labute approximate surface area is 124 Å². The van der Waals surface area contributed by atoms with Gasteiger partial charge in [0.25, 0.3) is 5.91 Å². The lowest BCUT2D eigenvalue weighted by molar-refractivity contribution is 0.0282. The summed E-state index contributed by atoms with van der Waals surface area (Å²) >= 11 is 0. The second-order valence-corrected chi connectivity index (χ2v) is 5.95. The van der Waals surface area contributed by atoms with E-state index in [2.05, 4.69) is 22.4 Å². The number of rotatable bonds is 4. The monoisotopic (exact) mass is 290 g/mol. The van der Waals surface area contributed by atoms with Crippen LogP contribution >= 0.6 is 0 Å². The Morgan fingerprint density at radius 3 is 2.62 bits per heavy atom. The molecule has 6 heteroatoms. The molecule has 114 valence electrons. The number of piperidine rings is 1. The number of hydrogen-bond donors (Lipinski definition) is 2. The van der Waals surface area contributed by atoms with Crippen LogP contribution in [0.4, 0.5) is 5.82 Å². The minimum atomic E-state index is -0.266. The third kappa shape index (κ3) is 2.85. The van der Waals surface area contributed by atoms with Crippen LogP contribution in [-0.4, -0.2) is 50.8 Å². The van der Waals surface area contributed by atoms with E-state index in [1.807, 2.05) is 4.90 Å². The molecule has 1 amide bonds. The highest BCUT2D eigenvalue weighted by molar-refractivity contribution is 5.93. The number of amides is 1. The van der Waals surface area contributed by atoms with Gasteiger partial charge in [0.1, 0.15) is 5.82 Å². The molecule has 0 radical (unpaired) electrons. The van der Waals surface area contributed by atoms with Crippen molar-refractivity contribution in [2.75, 3.05) is 11.9 Å². The van der Waals surface area contributed by atoms with Crippen LogP contribution in [0.1, 0.15) is 49.5 Å². The van der Waals surface area contributed by atoms with Crippen molar-refractivity contribution in [3.63, 3.8) is 0 Å². The topological polar surface area (TPSA) is 78.4 Å². The van der Waals surface area contributed by atoms with Gasteiger partial charge in [-0.25, -0.2) is 0 Å². The van der Waals surface area contributed by atoms with Crippen LogP contribution in [0.15, 0.2) is 12.1 Å². The molecular formula is C15H22N4O2. The minimum Gasteiger partial charge on any atom is -0.393 e. The molecular weight excluding hydrogens is 268 g/mol. The quantitative estimate of drug-likeness (QED) is 0.877. The summed E-state index contributed by atoms with van der Waals surface area (Å²) in [5.41, 5.74) is 0.394. The zero-order valence-electron chi connectivity index (χ0n) is 12.3. The number of carbonyl (C=O) groups is 1. The van der Waals surface area contributed by atoms with Gasteiger partial charge >= 0.3 is 0 Å². The van der Waals surface area contributed by atoms with Gasteiger partial charge in [0.05, 0.1) is 6.10 Å². The summed E-state index contributed by atoms with van der Waals surface area (Å²) in [5.74, 6) is 0.648. The van der Waals surface area contributed by atoms with Crippen LogP contribution in [0.2, 0.25) is 0 Å². The van der Waals surface area contributed by atoms with E-state index in [0.717, 1.165) is 25.8 Å². The highest BCUT2D eigenvalue weighted by Gasteiger charge is 2.43. The normalized spacial score (nSPS) is 27.7. The molecule has 2 atom stereocenters. The van der Waals surface area contributed by atoms with Crippen LogP contribution in [0.25, 0.3) is 0 Å². The maximum atomic E-state index is 12.6. The van der Waals surface area contributed by atoms with E-state index in [9.17, 15) is 9.90 Å². The highest BCUT2D eigenvalue weighted by atomic mass is 16.3. The first-order valence-corrected chi connectivity index (χ1v) is 7.77. The molecule has 2 saturated heterocycles. The number of anilines is 1. The standard InChI is InChI=1S/C15H22N4O2/c1-2-7-16-14-6-5-13(17-18-14)15(21)19-10-3-4-11(19)9-12(20)8-10/h5-6,10-12,20H,2-4,7-9H2,1H3,(H,16,18). The first-order chi connectivity index (χ1) is 10.2. The molecule has 2 aliphatic rings. The van der Waals surface area contributed by atoms with Gasteiger partial charge in [-0.2, -0.15) is 0 Å². The minimum absolute atomic E-state index is 0.0519. The van der Waals surface area contributed by atoms with Gasteiger partial charge in [-0.3, -0.25) is 4.79 Å². The molecule has 2 unspecified atom stereocenters. The van der Waals surface area contributed by atoms with Gasteiger partial charge in [0.15, 0.2) is 5.69 Å². The summed E-state index contributed by atoms with van der Waals surface area (Å²) in [6.07, 6.45) is 4.09. The maximum absolute atomic E-state index is 12.6. The van der Waals surface area contributed by atoms with Gasteiger partial charge in [0.2, 0.25) is 0 Å². The largest absolute Gasteiger partial charge is 0.393 e. The molecule has 0 aromatic carbocycles. The predicted molar refractivity (Wildman–Crippen MR) is 79.0 cm³/mol. The van der Waals surface area contributed by atoms with Crippen molar-refractivity contribution in [2.24, 2.45) is 0 Å². The zero-order chi connectivity index (χ0) is 14.8. The van der Waals surface area contributed by atoms with Crippen molar-refractivity contribution in [2.45, 2.75) is 57.2 Å². The molecule has 3 rings (SSSR count). The number of hydrogen-bond acceptors (Lipinski definition) is 5. The smallest absolute Gasteiger partial charge is 0.274 e. The van der Waals surface area contributed by atoms with Crippen LogP contribution in [-0.2, 0) is 0 Å². The lowest BCUT2D eigenvalue weighted by atomic mass is 9.99. The molecule has 2 fully saturated rings. The third-order valence-electron chi connectivity index (χ3n) is 4.38. The number of fused-ring (bicyclic) bond motifs is 2. The summed E-state index contributed by atoms with van der Waals surface area (Å²) in [6, 6.07) is 3.85. The zero-order valence-corrected chi connectivity index (χ0v) is 12.3. The van der Waals surface area contributed by atoms with Crippen LogP contribution in [0.5, 0.6) is 0 Å². The van der Waals surface area contributed by atoms with Gasteiger partial charge in [-0.1, -0.05) is 6.92 Å². The molecule has 0 saturated carbocycles. The number of aliphatic hydroxyl groups is 1. The van der Waals surface area contributed by atoms with E-state index >= 15 is 0 Å². The number of carbonyl (C=O) groups excluding carboxylic acids is 1. The van der Waals surface area contributed by atoms with Gasteiger partial charge in [-0.05, 0) is 44.2 Å². The lowest BCUT2D eigenvalue weighted by Gasteiger charge is -2.36. The van der Waals surface area contributed by atoms with Crippen molar-refractivity contribution >= 4 is 11.7 Å². The Bertz CT molecular complexity index is 491. The van der Waals surface area contributed by atoms with Crippen molar-refractivity contribution in [1.29, 1.82) is 0 Å². The van der Waals surface area contributed by atoms with Crippen molar-refractivity contribution in [1.82, 2.24) is 15.1 Å². The summed E-state index contributed by atoms with van der Waals surface area (Å²) in [5, 5.41) is 21.1. The van der Waals surface area contributed by atoms with Gasteiger partial charge in [-0.15, -0.1) is 10.2 Å². The molecule has 0 aliphatic carbocycles. The SMILES string of the molecule is CCCNc1ccc(C(=O)N2C3CCC2CC(O)C3)nn1. The molecule has 3 heterocycles. The average molecular weight is 290 g/mol. The lowest BCUT2D eigenvalue weighted by Crippen LogP contribution is -2.48. The van der Waals surface area contributed by atoms with Crippen molar-refractivity contribution < 1.29 is 9.90 Å². The second kappa shape index (κ2) is 5.97. The van der Waals surface area contributed by atoms with Gasteiger partial charge < -0.3 is 15.3 Å². The van der Waals surface area contributed by atoms with Crippen molar-refractivity contribution in [3.8, 4) is 0 Å². The molecule has 1 aromatic heterocycles. The molecule has 6 nitrogen and oxygen atoms in total. The Morgan fingerprint density at radius 1 is 1.33 bits per heavy atom. The van der Waals surface area contributed by atoms with Crippen LogP contribution < -0.4 is 5.32 Å². The highest BCUT2D eigenvalue weighted by Crippen LogP contribution is 2.36. The Hall–Kier alpha value is -1.69. The first-order valence-electron chi connectivity index (χ1n) is 7.77. The first kappa shape index (κ1) is 14.3. The molecule has 2 aliphatic heterocycles. The van der Waals surface area contributed by atoms with E-state index in [1.165, 1.54) is 0 Å². The summed E-state index contributed by atoms with van der Waals surface area (Å²) in [4.78, 5) is 14.5. The fraction of sp³-hybridized carbons (Fsp3) is 0.667. The summed E-state index contributed by atoms with van der Waals surface area (Å²) < 4.78 is 0. The number of nitrogens with one attached hydrogen (secondary N) is 1.